The first-order valence-electron chi connectivity index (χ1n) is 12.0. The zero-order valence-corrected chi connectivity index (χ0v) is 20.7. The average molecular weight is 516 g/mol. The second-order valence-corrected chi connectivity index (χ2v) is 9.38. The minimum atomic E-state index is -2.97. The van der Waals surface area contributed by atoms with Crippen molar-refractivity contribution in [2.24, 2.45) is 0 Å². The molecule has 11 heteroatoms. The van der Waals surface area contributed by atoms with Gasteiger partial charge in [0.05, 0.1) is 18.3 Å². The van der Waals surface area contributed by atoms with Gasteiger partial charge in [-0.1, -0.05) is 44.2 Å². The van der Waals surface area contributed by atoms with Crippen LogP contribution < -0.4 is 5.32 Å². The predicted octanol–water partition coefficient (Wildman–Crippen LogP) is 4.22. The third kappa shape index (κ3) is 5.98. The summed E-state index contributed by atoms with van der Waals surface area (Å²) in [7, 11) is 0. The Morgan fingerprint density at radius 2 is 1.92 bits per heavy atom. The molecule has 3 heterocycles. The maximum Gasteiger partial charge on any atom is 0.314 e. The monoisotopic (exact) mass is 515 g/mol. The molecule has 1 aromatic carbocycles. The molecule has 1 aliphatic heterocycles. The van der Waals surface area contributed by atoms with Crippen LogP contribution in [-0.4, -0.2) is 50.7 Å². The van der Waals surface area contributed by atoms with Crippen LogP contribution in [0, 0.1) is 6.92 Å². The third-order valence-electron chi connectivity index (χ3n) is 6.35. The van der Waals surface area contributed by atoms with E-state index < -0.39 is 48.8 Å². The highest BCUT2D eigenvalue weighted by Gasteiger charge is 2.41. The van der Waals surface area contributed by atoms with Crippen molar-refractivity contribution in [3.8, 4) is 0 Å². The van der Waals surface area contributed by atoms with Crippen LogP contribution in [0.5, 0.6) is 0 Å². The summed E-state index contributed by atoms with van der Waals surface area (Å²) in [6.45, 7) is 5.82. The molecule has 4 rings (SSSR count). The number of rotatable bonds is 8. The molecular weight excluding hydrogens is 487 g/mol. The molecule has 1 aliphatic rings. The van der Waals surface area contributed by atoms with Crippen molar-refractivity contribution < 1.29 is 27.2 Å². The van der Waals surface area contributed by atoms with E-state index in [1.54, 1.807) is 6.20 Å². The van der Waals surface area contributed by atoms with Crippen molar-refractivity contribution in [2.75, 3.05) is 6.54 Å². The van der Waals surface area contributed by atoms with Gasteiger partial charge >= 0.3 is 6.43 Å². The van der Waals surface area contributed by atoms with Crippen LogP contribution >= 0.6 is 0 Å². The van der Waals surface area contributed by atoms with Gasteiger partial charge < -0.3 is 14.6 Å². The second kappa shape index (κ2) is 11.1. The number of halogens is 3. The first-order chi connectivity index (χ1) is 17.6. The fourth-order valence-electron chi connectivity index (χ4n) is 4.53. The Balaban J connectivity index is 1.56. The summed E-state index contributed by atoms with van der Waals surface area (Å²) in [5, 5.41) is 9.59. The van der Waals surface area contributed by atoms with Crippen molar-refractivity contribution in [1.82, 2.24) is 25.4 Å². The number of carbonyl (C=O) groups excluding carboxylic acids is 2. The molecule has 0 spiro atoms. The van der Waals surface area contributed by atoms with Gasteiger partial charge in [0, 0.05) is 12.6 Å². The van der Waals surface area contributed by atoms with E-state index >= 15 is 0 Å². The fourth-order valence-corrected chi connectivity index (χ4v) is 4.53. The number of hydrogen-bond donors (Lipinski definition) is 1. The van der Waals surface area contributed by atoms with Crippen molar-refractivity contribution in [3.05, 3.63) is 76.8 Å². The van der Waals surface area contributed by atoms with Crippen molar-refractivity contribution in [3.63, 3.8) is 0 Å². The van der Waals surface area contributed by atoms with E-state index in [2.05, 4.69) is 34.3 Å². The maximum atomic E-state index is 14.4. The Morgan fingerprint density at radius 3 is 2.54 bits per heavy atom. The molecule has 3 atom stereocenters. The molecule has 0 bridgehead atoms. The van der Waals surface area contributed by atoms with Gasteiger partial charge in [-0.15, -0.1) is 10.2 Å². The van der Waals surface area contributed by atoms with Gasteiger partial charge in [-0.05, 0) is 35.6 Å². The highest BCUT2D eigenvalue weighted by molar-refractivity contribution is 5.89. The van der Waals surface area contributed by atoms with Gasteiger partial charge in [0.2, 0.25) is 17.7 Å². The molecular formula is C26H28F3N5O3. The molecule has 8 nitrogen and oxygen atoms in total. The second-order valence-electron chi connectivity index (χ2n) is 9.38. The van der Waals surface area contributed by atoms with E-state index in [9.17, 15) is 22.8 Å². The van der Waals surface area contributed by atoms with E-state index in [1.165, 1.54) is 0 Å². The van der Waals surface area contributed by atoms with Crippen LogP contribution in [0.3, 0.4) is 0 Å². The van der Waals surface area contributed by atoms with Crippen LogP contribution in [0.4, 0.5) is 13.2 Å². The van der Waals surface area contributed by atoms with E-state index in [-0.39, 0.29) is 24.8 Å². The van der Waals surface area contributed by atoms with Crippen LogP contribution in [0.2, 0.25) is 0 Å². The summed E-state index contributed by atoms with van der Waals surface area (Å²) in [6, 6.07) is 9.42. The number of amides is 2. The Hall–Kier alpha value is -3.76. The summed E-state index contributed by atoms with van der Waals surface area (Å²) >= 11 is 0. The number of hydrogen-bond acceptors (Lipinski definition) is 6. The van der Waals surface area contributed by atoms with Crippen molar-refractivity contribution in [1.29, 1.82) is 0 Å². The lowest BCUT2D eigenvalue weighted by Gasteiger charge is -2.26. The van der Waals surface area contributed by atoms with Gasteiger partial charge in [0.15, 0.2) is 0 Å². The molecule has 3 aromatic rings. The number of aryl methyl sites for hydroxylation is 1. The van der Waals surface area contributed by atoms with Crippen LogP contribution in [-0.2, 0) is 16.0 Å². The number of pyridine rings is 1. The summed E-state index contributed by atoms with van der Waals surface area (Å²) in [5.41, 5.74) is 3.50. The zero-order valence-electron chi connectivity index (χ0n) is 20.7. The Labute approximate surface area is 212 Å². The molecule has 0 radical (unpaired) electrons. The largest absolute Gasteiger partial charge is 0.419 e. The summed E-state index contributed by atoms with van der Waals surface area (Å²) in [5.74, 6) is -2.17. The van der Waals surface area contributed by atoms with Gasteiger partial charge in [-0.25, -0.2) is 4.39 Å². The molecule has 1 N–H and O–H groups in total. The summed E-state index contributed by atoms with van der Waals surface area (Å²) in [4.78, 5) is 32.0. The summed E-state index contributed by atoms with van der Waals surface area (Å²) in [6.07, 6.45) is -3.31. The van der Waals surface area contributed by atoms with Gasteiger partial charge in [0.1, 0.15) is 18.6 Å². The number of alkyl halides is 3. The predicted molar refractivity (Wildman–Crippen MR) is 127 cm³/mol. The highest BCUT2D eigenvalue weighted by Crippen LogP contribution is 2.27. The standard InChI is InChI=1S/C26H28F3N5O3/c1-14(2)18-12-30-19(9-15(18)3)23(16-7-5-4-6-8-16)31-25(36)20-10-17(27)13-34(20)22(35)11-21-32-33-26(37-21)24(28)29/h4-9,12,14,17,20,23-24H,10-11,13H2,1-3H3,(H,31,36). The number of likely N-dealkylation sites (tertiary alicyclic amines) is 1. The maximum absolute atomic E-state index is 14.4. The average Bonchev–Trinajstić information content (AvgIpc) is 3.49. The molecule has 37 heavy (non-hydrogen) atoms. The molecule has 3 unspecified atom stereocenters. The van der Waals surface area contributed by atoms with Crippen LogP contribution in [0.25, 0.3) is 0 Å². The fraction of sp³-hybridized carbons (Fsp3) is 0.423. The SMILES string of the molecule is Cc1cc(C(NC(=O)C2CC(F)CN2C(=O)Cc2nnc(C(F)F)o2)c2ccccc2)ncc1C(C)C. The van der Waals surface area contributed by atoms with E-state index in [0.717, 1.165) is 21.6 Å². The molecule has 2 amide bonds. The molecule has 1 saturated heterocycles. The molecule has 0 aliphatic carbocycles. The normalized spacial score (nSPS) is 18.4. The molecule has 2 aromatic heterocycles. The smallest absolute Gasteiger partial charge is 0.314 e. The molecule has 1 fully saturated rings. The number of benzene rings is 1. The van der Waals surface area contributed by atoms with Crippen LogP contribution in [0.15, 0.2) is 47.0 Å². The first kappa shape index (κ1) is 26.3. The van der Waals surface area contributed by atoms with Gasteiger partial charge in [-0.2, -0.15) is 8.78 Å². The lowest BCUT2D eigenvalue weighted by Crippen LogP contribution is -2.47. The van der Waals surface area contributed by atoms with E-state index in [4.69, 9.17) is 4.42 Å². The minimum absolute atomic E-state index is 0.191. The number of nitrogens with one attached hydrogen (secondary N) is 1. The lowest BCUT2D eigenvalue weighted by molar-refractivity contribution is -0.138. The topological polar surface area (TPSA) is 101 Å². The van der Waals surface area contributed by atoms with Gasteiger partial charge in [-0.3, -0.25) is 14.6 Å². The first-order valence-corrected chi connectivity index (χ1v) is 12.0. The Bertz CT molecular complexity index is 1250. The third-order valence-corrected chi connectivity index (χ3v) is 6.35. The number of aromatic nitrogens is 3. The Kier molecular flexibility index (Phi) is 7.89. The van der Waals surface area contributed by atoms with Crippen molar-refractivity contribution >= 4 is 11.8 Å². The highest BCUT2D eigenvalue weighted by atomic mass is 19.3. The molecule has 196 valence electrons. The van der Waals surface area contributed by atoms with E-state index in [1.807, 2.05) is 43.3 Å². The summed E-state index contributed by atoms with van der Waals surface area (Å²) < 4.78 is 44.7. The van der Waals surface area contributed by atoms with E-state index in [0.29, 0.717) is 5.69 Å². The number of carbonyl (C=O) groups is 2. The zero-order chi connectivity index (χ0) is 26.7. The number of nitrogens with zero attached hydrogens (tertiary/aromatic N) is 4. The lowest BCUT2D eigenvalue weighted by atomic mass is 9.96. The van der Waals surface area contributed by atoms with Crippen LogP contribution in [0.1, 0.15) is 72.8 Å². The van der Waals surface area contributed by atoms with Crippen molar-refractivity contribution in [2.45, 2.75) is 64.2 Å². The Morgan fingerprint density at radius 1 is 1.19 bits per heavy atom. The molecule has 0 saturated carbocycles. The quantitative estimate of drug-likeness (QED) is 0.482. The van der Waals surface area contributed by atoms with Gasteiger partial charge in [0.25, 0.3) is 5.89 Å². The minimum Gasteiger partial charge on any atom is -0.419 e.